The predicted molar refractivity (Wildman–Crippen MR) is 269 cm³/mol. The Hall–Kier alpha value is -6.56. The largest absolute Gasteiger partial charge is 0.429 e. The van der Waals surface area contributed by atoms with Gasteiger partial charge in [-0.25, -0.2) is 0 Å². The van der Waals surface area contributed by atoms with Crippen LogP contribution in [0.25, 0.3) is 44.1 Å². The molecule has 0 bridgehead atoms. The van der Waals surface area contributed by atoms with Gasteiger partial charge in [-0.1, -0.05) is 96.1 Å². The van der Waals surface area contributed by atoms with E-state index in [0.29, 0.717) is 29.2 Å². The average molecular weight is 937 g/mol. The Bertz CT molecular complexity index is 3120. The molecular formula is C55H61N4O8P. The highest BCUT2D eigenvalue weighted by Crippen LogP contribution is 2.46. The fraction of sp³-hybridized carbons (Fsp3) is 0.291. The molecule has 0 saturated heterocycles. The van der Waals surface area contributed by atoms with Crippen molar-refractivity contribution in [1.29, 1.82) is 0 Å². The molecule has 8 rings (SSSR count). The predicted octanol–water partition coefficient (Wildman–Crippen LogP) is 11.7. The SMILES string of the molecule is COCCOP(=O)(O)Cc1ccc2c(ccn2C(=O)c2cc(-c3ccc(CC(C)(C)C)cc3)cn2C)c1.Cn1cc(-c2ccc(CC(C)(C)C)cc2)cc1C(=O)n1ccc2cc(OC=O)ccc21. The van der Waals surface area contributed by atoms with Gasteiger partial charge in [0, 0.05) is 67.9 Å². The molecule has 8 aromatic rings. The van der Waals surface area contributed by atoms with Crippen LogP contribution < -0.4 is 4.74 Å². The summed E-state index contributed by atoms with van der Waals surface area (Å²) in [6.07, 6.45) is 9.34. The second-order valence-electron chi connectivity index (χ2n) is 19.7. The molecule has 0 spiro atoms. The number of methoxy groups -OCH3 is 1. The lowest BCUT2D eigenvalue weighted by Crippen LogP contribution is -2.14. The van der Waals surface area contributed by atoms with Crippen molar-refractivity contribution in [2.75, 3.05) is 20.3 Å². The minimum atomic E-state index is -3.79. The second kappa shape index (κ2) is 20.3. The molecule has 68 heavy (non-hydrogen) atoms. The maximum atomic E-state index is 13.5. The van der Waals surface area contributed by atoms with Crippen molar-refractivity contribution in [1.82, 2.24) is 18.3 Å². The van der Waals surface area contributed by atoms with Gasteiger partial charge in [0.15, 0.2) is 0 Å². The monoisotopic (exact) mass is 936 g/mol. The van der Waals surface area contributed by atoms with Gasteiger partial charge in [0.1, 0.15) is 17.1 Å². The van der Waals surface area contributed by atoms with E-state index in [1.165, 1.54) is 18.2 Å². The van der Waals surface area contributed by atoms with Crippen LogP contribution >= 0.6 is 7.60 Å². The van der Waals surface area contributed by atoms with Crippen molar-refractivity contribution in [2.45, 2.75) is 60.5 Å². The third kappa shape index (κ3) is 12.1. The topological polar surface area (TPSA) is 136 Å². The van der Waals surface area contributed by atoms with Crippen LogP contribution in [0, 0.1) is 10.8 Å². The third-order valence-electron chi connectivity index (χ3n) is 11.5. The molecule has 4 aromatic heterocycles. The number of nitrogens with zero attached hydrogens (tertiary/aromatic N) is 4. The molecule has 1 N–H and O–H groups in total. The molecule has 1 atom stereocenters. The number of aromatic nitrogens is 4. The van der Waals surface area contributed by atoms with Gasteiger partial charge in [-0.2, -0.15) is 0 Å². The highest BCUT2D eigenvalue weighted by molar-refractivity contribution is 7.51. The van der Waals surface area contributed by atoms with Crippen LogP contribution in [0.4, 0.5) is 0 Å². The lowest BCUT2D eigenvalue weighted by Gasteiger charge is -2.18. The number of rotatable bonds is 14. The maximum absolute atomic E-state index is 13.5. The van der Waals surface area contributed by atoms with Crippen molar-refractivity contribution < 1.29 is 37.8 Å². The molecule has 0 saturated carbocycles. The molecule has 4 aromatic carbocycles. The van der Waals surface area contributed by atoms with E-state index in [0.717, 1.165) is 56.9 Å². The Morgan fingerprint density at radius 3 is 1.51 bits per heavy atom. The lowest BCUT2D eigenvalue weighted by molar-refractivity contribution is -0.120. The third-order valence-corrected chi connectivity index (χ3v) is 12.8. The van der Waals surface area contributed by atoms with E-state index in [1.807, 2.05) is 66.0 Å². The van der Waals surface area contributed by atoms with E-state index in [2.05, 4.69) is 90.1 Å². The molecule has 0 fully saturated rings. The summed E-state index contributed by atoms with van der Waals surface area (Å²) in [5, 5.41) is 1.64. The van der Waals surface area contributed by atoms with Gasteiger partial charge in [-0.3, -0.25) is 28.1 Å². The van der Waals surface area contributed by atoms with Crippen LogP contribution in [-0.4, -0.2) is 61.8 Å². The van der Waals surface area contributed by atoms with Crippen LogP contribution in [-0.2, 0) is 51.7 Å². The summed E-state index contributed by atoms with van der Waals surface area (Å²) < 4.78 is 34.1. The molecule has 13 heteroatoms. The number of fused-ring (bicyclic) bond motifs is 2. The molecule has 0 radical (unpaired) electrons. The molecule has 1 unspecified atom stereocenters. The Kier molecular flexibility index (Phi) is 14.8. The Balaban J connectivity index is 0.000000204. The Morgan fingerprint density at radius 1 is 0.603 bits per heavy atom. The normalized spacial score (nSPS) is 12.7. The lowest BCUT2D eigenvalue weighted by atomic mass is 9.88. The average Bonchev–Trinajstić information content (AvgIpc) is 4.08. The minimum absolute atomic E-state index is 0.0527. The molecule has 0 aliphatic rings. The van der Waals surface area contributed by atoms with Crippen molar-refractivity contribution >= 4 is 47.7 Å². The van der Waals surface area contributed by atoms with Gasteiger partial charge >= 0.3 is 7.60 Å². The first kappa shape index (κ1) is 49.3. The quantitative estimate of drug-likeness (QED) is 0.0647. The van der Waals surface area contributed by atoms with E-state index < -0.39 is 7.60 Å². The van der Waals surface area contributed by atoms with E-state index in [1.54, 1.807) is 51.9 Å². The molecule has 4 heterocycles. The molecule has 0 amide bonds. The van der Waals surface area contributed by atoms with E-state index in [4.69, 9.17) is 14.0 Å². The first-order chi connectivity index (χ1) is 32.2. The fourth-order valence-corrected chi connectivity index (χ4v) is 9.51. The van der Waals surface area contributed by atoms with Crippen molar-refractivity contribution in [3.8, 4) is 28.0 Å². The summed E-state index contributed by atoms with van der Waals surface area (Å²) in [6.45, 7) is 14.1. The zero-order valence-corrected chi connectivity index (χ0v) is 41.3. The van der Waals surface area contributed by atoms with E-state index in [-0.39, 0.29) is 42.0 Å². The minimum Gasteiger partial charge on any atom is -0.429 e. The number of hydrogen-bond acceptors (Lipinski definition) is 7. The van der Waals surface area contributed by atoms with Crippen molar-refractivity contribution in [2.24, 2.45) is 24.9 Å². The zero-order chi connectivity index (χ0) is 49.0. The Morgan fingerprint density at radius 2 is 1.06 bits per heavy atom. The Labute approximate surface area is 398 Å². The molecule has 354 valence electrons. The summed E-state index contributed by atoms with van der Waals surface area (Å²) in [7, 11) is 1.47. The van der Waals surface area contributed by atoms with Crippen LogP contribution in [0.15, 0.2) is 134 Å². The number of carbonyl (C=O) groups is 3. The van der Waals surface area contributed by atoms with Gasteiger partial charge < -0.3 is 28.0 Å². The second-order valence-corrected chi connectivity index (χ2v) is 21.6. The summed E-state index contributed by atoms with van der Waals surface area (Å²) in [5.74, 6) is 0.192. The summed E-state index contributed by atoms with van der Waals surface area (Å²) in [5.41, 5.74) is 10.5. The first-order valence-electron chi connectivity index (χ1n) is 22.6. The fourth-order valence-electron chi connectivity index (χ4n) is 8.41. The summed E-state index contributed by atoms with van der Waals surface area (Å²) in [6, 6.07) is 35.2. The summed E-state index contributed by atoms with van der Waals surface area (Å²) in [4.78, 5) is 47.4. The molecule has 12 nitrogen and oxygen atoms in total. The van der Waals surface area contributed by atoms with Crippen molar-refractivity contribution in [3.63, 3.8) is 0 Å². The van der Waals surface area contributed by atoms with E-state index in [9.17, 15) is 23.8 Å². The molecular weight excluding hydrogens is 876 g/mol. The van der Waals surface area contributed by atoms with Crippen LogP contribution in [0.2, 0.25) is 0 Å². The standard InChI is InChI=1S/C29H35N2O5P.C26H26N2O3/c1-29(2,3)18-21-6-9-23(10-7-21)25-17-27(30(4)19-25)28(32)31-13-12-24-16-22(8-11-26(24)31)20-37(33,34)36-15-14-35-5;1-26(2,3)15-18-5-7-19(8-6-18)21-14-24(27(4)16-21)25(30)28-12-11-20-13-22(31-17-29)9-10-23(20)28/h6-13,16-17,19H,14-15,18,20H2,1-5H3,(H,33,34);5-14,16-17H,15H2,1-4H3. The smallest absolute Gasteiger partial charge is 0.332 e. The van der Waals surface area contributed by atoms with Gasteiger partial charge in [-0.15, -0.1) is 0 Å². The van der Waals surface area contributed by atoms with Crippen molar-refractivity contribution in [3.05, 3.63) is 162 Å². The van der Waals surface area contributed by atoms with Crippen LogP contribution in [0.5, 0.6) is 5.75 Å². The molecule has 0 aliphatic carbocycles. The number of ether oxygens (including phenoxy) is 2. The number of hydrogen-bond donors (Lipinski definition) is 1. The number of carbonyl (C=O) groups excluding carboxylic acids is 3. The van der Waals surface area contributed by atoms with Gasteiger partial charge in [0.25, 0.3) is 18.3 Å². The van der Waals surface area contributed by atoms with E-state index >= 15 is 0 Å². The maximum Gasteiger partial charge on any atom is 0.332 e. The number of aryl methyl sites for hydroxylation is 2. The zero-order valence-electron chi connectivity index (χ0n) is 40.4. The van der Waals surface area contributed by atoms with Crippen LogP contribution in [0.3, 0.4) is 0 Å². The summed E-state index contributed by atoms with van der Waals surface area (Å²) >= 11 is 0. The number of benzene rings is 4. The first-order valence-corrected chi connectivity index (χ1v) is 24.3. The molecule has 0 aliphatic heterocycles. The van der Waals surface area contributed by atoms with Gasteiger partial charge in [-0.05, 0) is 106 Å². The van der Waals surface area contributed by atoms with Gasteiger partial charge in [0.05, 0.1) is 30.4 Å². The highest BCUT2D eigenvalue weighted by atomic mass is 31.2. The van der Waals surface area contributed by atoms with Gasteiger partial charge in [0.2, 0.25) is 0 Å². The highest BCUT2D eigenvalue weighted by Gasteiger charge is 2.23. The van der Waals surface area contributed by atoms with Crippen LogP contribution in [0.1, 0.15) is 79.2 Å².